The largest absolute Gasteiger partial charge is 0.321 e. The van der Waals surface area contributed by atoms with Crippen LogP contribution in [0.25, 0.3) is 5.65 Å². The van der Waals surface area contributed by atoms with Crippen molar-refractivity contribution in [2.45, 2.75) is 0 Å². The second-order valence-electron chi connectivity index (χ2n) is 4.10. The van der Waals surface area contributed by atoms with Gasteiger partial charge in [-0.05, 0) is 30.3 Å². The van der Waals surface area contributed by atoms with Crippen molar-refractivity contribution in [1.82, 2.24) is 14.6 Å². The highest BCUT2D eigenvalue weighted by Gasteiger charge is 2.09. The van der Waals surface area contributed by atoms with E-state index in [4.69, 9.17) is 11.6 Å². The molecule has 0 fully saturated rings. The summed E-state index contributed by atoms with van der Waals surface area (Å²) in [4.78, 5) is 12.0. The van der Waals surface area contributed by atoms with Crippen molar-refractivity contribution >= 4 is 28.8 Å². The number of carbonyl (C=O) groups is 1. The van der Waals surface area contributed by atoms with Crippen LogP contribution in [0.1, 0.15) is 10.4 Å². The molecule has 0 aliphatic rings. The van der Waals surface area contributed by atoms with E-state index in [1.165, 1.54) is 18.5 Å². The molecule has 3 rings (SSSR count). The van der Waals surface area contributed by atoms with Gasteiger partial charge in [0.15, 0.2) is 5.65 Å². The fourth-order valence-corrected chi connectivity index (χ4v) is 1.92. The number of pyridine rings is 1. The summed E-state index contributed by atoms with van der Waals surface area (Å²) in [6, 6.07) is 7.23. The van der Waals surface area contributed by atoms with Gasteiger partial charge in [0.1, 0.15) is 12.1 Å². The van der Waals surface area contributed by atoms with Crippen LogP contribution in [0, 0.1) is 5.82 Å². The number of nitrogens with zero attached hydrogens (tertiary/aromatic N) is 3. The molecule has 3 aromatic rings. The number of halogens is 2. The first-order valence-electron chi connectivity index (χ1n) is 5.69. The second-order valence-corrected chi connectivity index (χ2v) is 4.50. The number of hydrogen-bond donors (Lipinski definition) is 1. The second kappa shape index (κ2) is 4.90. The van der Waals surface area contributed by atoms with Crippen molar-refractivity contribution in [1.29, 1.82) is 0 Å². The first-order valence-corrected chi connectivity index (χ1v) is 6.07. The van der Waals surface area contributed by atoms with Crippen LogP contribution in [0.5, 0.6) is 0 Å². The van der Waals surface area contributed by atoms with E-state index in [0.29, 0.717) is 11.3 Å². The number of carbonyl (C=O) groups excluding carboxylic acids is 1. The van der Waals surface area contributed by atoms with Gasteiger partial charge in [-0.1, -0.05) is 11.6 Å². The number of rotatable bonds is 2. The minimum Gasteiger partial charge on any atom is -0.321 e. The van der Waals surface area contributed by atoms with Crippen LogP contribution in [-0.2, 0) is 0 Å². The standard InChI is InChI=1S/C13H8ClFN4O/c14-10-5-8(1-3-11(10)15)13(20)17-9-2-4-12-18-16-7-19(12)6-9/h1-7H,(H,17,20). The number of aromatic nitrogens is 3. The molecule has 0 bridgehead atoms. The number of nitrogens with one attached hydrogen (secondary N) is 1. The summed E-state index contributed by atoms with van der Waals surface area (Å²) in [6.07, 6.45) is 3.21. The highest BCUT2D eigenvalue weighted by atomic mass is 35.5. The molecule has 0 aliphatic heterocycles. The lowest BCUT2D eigenvalue weighted by atomic mass is 10.2. The summed E-state index contributed by atoms with van der Waals surface area (Å²) in [7, 11) is 0. The minimum atomic E-state index is -0.561. The molecule has 0 unspecified atom stereocenters. The quantitative estimate of drug-likeness (QED) is 0.789. The lowest BCUT2D eigenvalue weighted by Crippen LogP contribution is -2.12. The molecule has 0 spiro atoms. The molecule has 1 aromatic carbocycles. The molecule has 7 heteroatoms. The van der Waals surface area contributed by atoms with Crippen LogP contribution in [0.3, 0.4) is 0 Å². The Morgan fingerprint density at radius 2 is 2.15 bits per heavy atom. The average molecular weight is 291 g/mol. The number of anilines is 1. The number of fused-ring (bicyclic) bond motifs is 1. The molecule has 100 valence electrons. The van der Waals surface area contributed by atoms with Crippen molar-refractivity contribution in [2.24, 2.45) is 0 Å². The summed E-state index contributed by atoms with van der Waals surface area (Å²) >= 11 is 5.65. The molecule has 0 saturated heterocycles. The van der Waals surface area contributed by atoms with Crippen molar-refractivity contribution in [2.75, 3.05) is 5.32 Å². The van der Waals surface area contributed by atoms with E-state index in [2.05, 4.69) is 15.5 Å². The number of amides is 1. The third kappa shape index (κ3) is 2.33. The van der Waals surface area contributed by atoms with Gasteiger partial charge in [0, 0.05) is 11.8 Å². The zero-order valence-corrected chi connectivity index (χ0v) is 10.8. The van der Waals surface area contributed by atoms with Crippen LogP contribution >= 0.6 is 11.6 Å². The highest BCUT2D eigenvalue weighted by molar-refractivity contribution is 6.31. The minimum absolute atomic E-state index is 0.0908. The normalized spacial score (nSPS) is 10.7. The maximum atomic E-state index is 13.0. The lowest BCUT2D eigenvalue weighted by Gasteiger charge is -2.06. The Morgan fingerprint density at radius 3 is 2.95 bits per heavy atom. The van der Waals surface area contributed by atoms with Crippen molar-refractivity contribution < 1.29 is 9.18 Å². The summed E-state index contributed by atoms with van der Waals surface area (Å²) in [5.41, 5.74) is 1.52. The van der Waals surface area contributed by atoms with Crippen molar-refractivity contribution in [3.05, 3.63) is 59.3 Å². The molecule has 1 amide bonds. The lowest BCUT2D eigenvalue weighted by molar-refractivity contribution is 0.102. The third-order valence-corrected chi connectivity index (χ3v) is 3.02. The Kier molecular flexibility index (Phi) is 3.08. The van der Waals surface area contributed by atoms with Gasteiger partial charge in [-0.3, -0.25) is 9.20 Å². The van der Waals surface area contributed by atoms with E-state index >= 15 is 0 Å². The van der Waals surface area contributed by atoms with E-state index in [1.807, 2.05) is 0 Å². The predicted octanol–water partition coefficient (Wildman–Crippen LogP) is 2.77. The molecule has 5 nitrogen and oxygen atoms in total. The van der Waals surface area contributed by atoms with Gasteiger partial charge in [-0.15, -0.1) is 10.2 Å². The van der Waals surface area contributed by atoms with Gasteiger partial charge in [0.05, 0.1) is 10.7 Å². The molecule has 2 heterocycles. The van der Waals surface area contributed by atoms with E-state index in [9.17, 15) is 9.18 Å². The predicted molar refractivity (Wildman–Crippen MR) is 72.4 cm³/mol. The highest BCUT2D eigenvalue weighted by Crippen LogP contribution is 2.17. The Balaban J connectivity index is 1.85. The monoisotopic (exact) mass is 290 g/mol. The SMILES string of the molecule is O=C(Nc1ccc2nncn2c1)c1ccc(F)c(Cl)c1. The van der Waals surface area contributed by atoms with Crippen molar-refractivity contribution in [3.8, 4) is 0 Å². The van der Waals surface area contributed by atoms with E-state index < -0.39 is 5.82 Å². The van der Waals surface area contributed by atoms with Crippen LogP contribution in [0.2, 0.25) is 5.02 Å². The van der Waals surface area contributed by atoms with Gasteiger partial charge in [0.2, 0.25) is 0 Å². The molecule has 20 heavy (non-hydrogen) atoms. The fraction of sp³-hybridized carbons (Fsp3) is 0. The summed E-state index contributed by atoms with van der Waals surface area (Å²) in [5, 5.41) is 10.2. The van der Waals surface area contributed by atoms with Crippen LogP contribution in [0.4, 0.5) is 10.1 Å². The Bertz CT molecular complexity index is 802. The topological polar surface area (TPSA) is 59.3 Å². The van der Waals surface area contributed by atoms with Crippen molar-refractivity contribution in [3.63, 3.8) is 0 Å². The molecule has 0 aliphatic carbocycles. The van der Waals surface area contributed by atoms with Gasteiger partial charge >= 0.3 is 0 Å². The first-order chi connectivity index (χ1) is 9.63. The molecular weight excluding hydrogens is 283 g/mol. The Labute approximate surface area is 118 Å². The molecular formula is C13H8ClFN4O. The Morgan fingerprint density at radius 1 is 1.30 bits per heavy atom. The van der Waals surface area contributed by atoms with E-state index in [0.717, 1.165) is 6.07 Å². The maximum Gasteiger partial charge on any atom is 0.255 e. The Hall–Kier alpha value is -2.47. The van der Waals surface area contributed by atoms with E-state index in [1.54, 1.807) is 22.7 Å². The summed E-state index contributed by atoms with van der Waals surface area (Å²) in [5.74, 6) is -0.937. The molecule has 0 saturated carbocycles. The van der Waals surface area contributed by atoms with Gasteiger partial charge in [-0.2, -0.15) is 0 Å². The van der Waals surface area contributed by atoms with Crippen LogP contribution in [0.15, 0.2) is 42.9 Å². The molecule has 0 radical (unpaired) electrons. The fourth-order valence-electron chi connectivity index (χ4n) is 1.74. The number of benzene rings is 1. The summed E-state index contributed by atoms with van der Waals surface area (Å²) < 4.78 is 14.7. The van der Waals surface area contributed by atoms with Crippen LogP contribution in [-0.4, -0.2) is 20.5 Å². The zero-order chi connectivity index (χ0) is 14.1. The van der Waals surface area contributed by atoms with Crippen LogP contribution < -0.4 is 5.32 Å². The first kappa shape index (κ1) is 12.6. The molecule has 1 N–H and O–H groups in total. The third-order valence-electron chi connectivity index (χ3n) is 2.73. The zero-order valence-electron chi connectivity index (χ0n) is 10.0. The van der Waals surface area contributed by atoms with E-state index in [-0.39, 0.29) is 16.5 Å². The van der Waals surface area contributed by atoms with Gasteiger partial charge in [-0.25, -0.2) is 4.39 Å². The summed E-state index contributed by atoms with van der Waals surface area (Å²) in [6.45, 7) is 0. The maximum absolute atomic E-state index is 13.0. The van der Waals surface area contributed by atoms with Gasteiger partial charge < -0.3 is 5.32 Å². The number of hydrogen-bond acceptors (Lipinski definition) is 3. The van der Waals surface area contributed by atoms with Gasteiger partial charge in [0.25, 0.3) is 5.91 Å². The molecule has 2 aromatic heterocycles. The average Bonchev–Trinajstić information content (AvgIpc) is 2.89. The smallest absolute Gasteiger partial charge is 0.255 e. The molecule has 0 atom stereocenters.